The maximum absolute atomic E-state index is 11.4. The van der Waals surface area contributed by atoms with Crippen molar-refractivity contribution >= 4 is 22.7 Å². The number of aliphatic hydroxyl groups is 1. The maximum atomic E-state index is 11.4. The number of hydrogen-bond donors (Lipinski definition) is 2. The Labute approximate surface area is 183 Å². The summed E-state index contributed by atoms with van der Waals surface area (Å²) in [6, 6.07) is 18.2. The zero-order valence-electron chi connectivity index (χ0n) is 18.1. The van der Waals surface area contributed by atoms with E-state index < -0.39 is 6.10 Å². The minimum Gasteiger partial charge on any atom is -0.388 e. The third-order valence-corrected chi connectivity index (χ3v) is 5.92. The molecule has 1 fully saturated rings. The molecule has 5 heteroatoms. The summed E-state index contributed by atoms with van der Waals surface area (Å²) in [5.74, 6) is 0. The van der Waals surface area contributed by atoms with Gasteiger partial charge < -0.3 is 15.0 Å². The number of piperazine rings is 1. The molecule has 1 aromatic heterocycles. The summed E-state index contributed by atoms with van der Waals surface area (Å²) in [5, 5.41) is 11.5. The molecule has 0 radical (unpaired) electrons. The fraction of sp³-hybridized carbons (Fsp3) is 0.346. The van der Waals surface area contributed by atoms with Crippen LogP contribution in [0.4, 0.5) is 5.69 Å². The highest BCUT2D eigenvalue weighted by Gasteiger charge is 2.18. The van der Waals surface area contributed by atoms with E-state index in [1.165, 1.54) is 23.7 Å². The van der Waals surface area contributed by atoms with Gasteiger partial charge in [0.2, 0.25) is 5.56 Å². The Hall–Kier alpha value is -2.89. The van der Waals surface area contributed by atoms with Crippen molar-refractivity contribution in [3.05, 3.63) is 82.2 Å². The lowest BCUT2D eigenvalue weighted by molar-refractivity contribution is 0.142. The van der Waals surface area contributed by atoms with Gasteiger partial charge in [0, 0.05) is 50.0 Å². The zero-order chi connectivity index (χ0) is 21.6. The summed E-state index contributed by atoms with van der Waals surface area (Å²) >= 11 is 0. The molecule has 3 aromatic rings. The van der Waals surface area contributed by atoms with E-state index in [1.54, 1.807) is 0 Å². The maximum Gasteiger partial charge on any atom is 0.248 e. The number of rotatable bonds is 7. The molecule has 162 valence electrons. The minimum atomic E-state index is -0.508. The van der Waals surface area contributed by atoms with Crippen LogP contribution in [0.25, 0.3) is 17.0 Å². The molecule has 4 rings (SSSR count). The van der Waals surface area contributed by atoms with Crippen molar-refractivity contribution < 1.29 is 5.11 Å². The molecule has 0 amide bonds. The third-order valence-electron chi connectivity index (χ3n) is 5.92. The lowest BCUT2D eigenvalue weighted by atomic mass is 10.1. The SMILES string of the molecule is CCCc1ccc(N2CCN(CC(O)C=Cc3ccc4[nH]c(=O)ccc4c3)CC2)cc1. The van der Waals surface area contributed by atoms with Crippen LogP contribution in [-0.4, -0.2) is 53.8 Å². The molecule has 31 heavy (non-hydrogen) atoms. The average Bonchev–Trinajstić information content (AvgIpc) is 2.79. The first-order valence-corrected chi connectivity index (χ1v) is 11.2. The van der Waals surface area contributed by atoms with Crippen LogP contribution in [0.1, 0.15) is 24.5 Å². The van der Waals surface area contributed by atoms with Gasteiger partial charge in [-0.3, -0.25) is 9.69 Å². The Morgan fingerprint density at radius 1 is 1.03 bits per heavy atom. The van der Waals surface area contributed by atoms with Crippen LogP contribution < -0.4 is 10.5 Å². The summed E-state index contributed by atoms with van der Waals surface area (Å²) in [6.07, 6.45) is 5.61. The number of aryl methyl sites for hydroxylation is 1. The molecule has 1 aliphatic rings. The van der Waals surface area contributed by atoms with Crippen molar-refractivity contribution in [3.63, 3.8) is 0 Å². The zero-order valence-corrected chi connectivity index (χ0v) is 18.1. The van der Waals surface area contributed by atoms with Gasteiger partial charge in [-0.05, 0) is 53.3 Å². The molecule has 1 saturated heterocycles. The number of H-pyrrole nitrogens is 1. The first kappa shape index (κ1) is 21.3. The van der Waals surface area contributed by atoms with Gasteiger partial charge in [0.1, 0.15) is 0 Å². The summed E-state index contributed by atoms with van der Waals surface area (Å²) in [7, 11) is 0. The highest BCUT2D eigenvalue weighted by molar-refractivity contribution is 5.81. The molecular weight excluding hydrogens is 386 g/mol. The quantitative estimate of drug-likeness (QED) is 0.616. The van der Waals surface area contributed by atoms with E-state index in [9.17, 15) is 9.90 Å². The molecule has 1 aliphatic heterocycles. The molecule has 0 spiro atoms. The number of nitrogens with zero attached hydrogens (tertiary/aromatic N) is 2. The van der Waals surface area contributed by atoms with E-state index in [1.807, 2.05) is 36.4 Å². The van der Waals surface area contributed by atoms with E-state index in [4.69, 9.17) is 0 Å². The Balaban J connectivity index is 1.28. The summed E-state index contributed by atoms with van der Waals surface area (Å²) < 4.78 is 0. The van der Waals surface area contributed by atoms with Gasteiger partial charge in [-0.25, -0.2) is 0 Å². The van der Waals surface area contributed by atoms with Gasteiger partial charge in [-0.2, -0.15) is 0 Å². The van der Waals surface area contributed by atoms with Crippen LogP contribution in [-0.2, 0) is 6.42 Å². The lowest BCUT2D eigenvalue weighted by Crippen LogP contribution is -2.48. The Kier molecular flexibility index (Phi) is 6.85. The van der Waals surface area contributed by atoms with E-state index in [2.05, 4.69) is 46.0 Å². The third kappa shape index (κ3) is 5.63. The Morgan fingerprint density at radius 2 is 1.81 bits per heavy atom. The topological polar surface area (TPSA) is 59.6 Å². The van der Waals surface area contributed by atoms with Crippen LogP contribution >= 0.6 is 0 Å². The molecule has 5 nitrogen and oxygen atoms in total. The summed E-state index contributed by atoms with van der Waals surface area (Å²) in [5.41, 5.74) is 4.43. The van der Waals surface area contributed by atoms with Crippen molar-refractivity contribution in [3.8, 4) is 0 Å². The standard InChI is InChI=1S/C26H31N3O2/c1-2-3-20-4-9-23(10-5-20)29-16-14-28(15-17-29)19-24(30)11-6-21-7-12-25-22(18-21)8-13-26(31)27-25/h4-13,18,24,30H,2-3,14-17,19H2,1H3,(H,27,31). The predicted octanol–water partition coefficient (Wildman–Crippen LogP) is 3.68. The number of aliphatic hydroxyl groups excluding tert-OH is 1. The molecule has 1 unspecified atom stereocenters. The minimum absolute atomic E-state index is 0.0974. The largest absolute Gasteiger partial charge is 0.388 e. The average molecular weight is 418 g/mol. The van der Waals surface area contributed by atoms with E-state index >= 15 is 0 Å². The highest BCUT2D eigenvalue weighted by atomic mass is 16.3. The molecule has 2 heterocycles. The molecule has 0 bridgehead atoms. The predicted molar refractivity (Wildman–Crippen MR) is 129 cm³/mol. The first-order valence-electron chi connectivity index (χ1n) is 11.2. The number of nitrogens with one attached hydrogen (secondary N) is 1. The molecular formula is C26H31N3O2. The van der Waals surface area contributed by atoms with Gasteiger partial charge in [-0.1, -0.05) is 43.7 Å². The number of anilines is 1. The van der Waals surface area contributed by atoms with E-state index in [0.29, 0.717) is 6.54 Å². The van der Waals surface area contributed by atoms with Crippen LogP contribution in [0.15, 0.2) is 65.5 Å². The van der Waals surface area contributed by atoms with E-state index in [-0.39, 0.29) is 5.56 Å². The molecule has 2 N–H and O–H groups in total. The second kappa shape index (κ2) is 9.94. The first-order chi connectivity index (χ1) is 15.1. The Morgan fingerprint density at radius 3 is 2.55 bits per heavy atom. The van der Waals surface area contributed by atoms with Crippen molar-refractivity contribution in [2.75, 3.05) is 37.6 Å². The number of hydrogen-bond acceptors (Lipinski definition) is 4. The van der Waals surface area contributed by atoms with Crippen LogP contribution in [0, 0.1) is 0 Å². The second-order valence-corrected chi connectivity index (χ2v) is 8.30. The number of benzene rings is 2. The van der Waals surface area contributed by atoms with Gasteiger partial charge in [0.15, 0.2) is 0 Å². The van der Waals surface area contributed by atoms with Gasteiger partial charge >= 0.3 is 0 Å². The second-order valence-electron chi connectivity index (χ2n) is 8.30. The normalized spacial score (nSPS) is 16.3. The van der Waals surface area contributed by atoms with Crippen molar-refractivity contribution in [2.45, 2.75) is 25.9 Å². The fourth-order valence-electron chi connectivity index (χ4n) is 4.17. The molecule has 1 atom stereocenters. The number of aromatic amines is 1. The van der Waals surface area contributed by atoms with Gasteiger partial charge in [0.25, 0.3) is 0 Å². The lowest BCUT2D eigenvalue weighted by Gasteiger charge is -2.36. The van der Waals surface area contributed by atoms with Crippen LogP contribution in [0.3, 0.4) is 0 Å². The smallest absolute Gasteiger partial charge is 0.248 e. The fourth-order valence-corrected chi connectivity index (χ4v) is 4.17. The molecule has 2 aromatic carbocycles. The van der Waals surface area contributed by atoms with Crippen molar-refractivity contribution in [2.24, 2.45) is 0 Å². The van der Waals surface area contributed by atoms with Crippen LogP contribution in [0.2, 0.25) is 0 Å². The Bertz CT molecular complexity index is 1080. The number of fused-ring (bicyclic) bond motifs is 1. The van der Waals surface area contributed by atoms with Crippen LogP contribution in [0.5, 0.6) is 0 Å². The van der Waals surface area contributed by atoms with Gasteiger partial charge in [-0.15, -0.1) is 0 Å². The number of β-amino-alcohol motifs (C(OH)–C–C–N with tert-alkyl or cyclic N) is 1. The number of pyridine rings is 1. The molecule has 0 aliphatic carbocycles. The van der Waals surface area contributed by atoms with Crippen molar-refractivity contribution in [1.29, 1.82) is 0 Å². The van der Waals surface area contributed by atoms with Crippen molar-refractivity contribution in [1.82, 2.24) is 9.88 Å². The highest BCUT2D eigenvalue weighted by Crippen LogP contribution is 2.18. The summed E-state index contributed by atoms with van der Waals surface area (Å²) in [4.78, 5) is 19.0. The summed E-state index contributed by atoms with van der Waals surface area (Å²) in [6.45, 7) is 6.71. The van der Waals surface area contributed by atoms with E-state index in [0.717, 1.165) is 49.1 Å². The number of aromatic nitrogens is 1. The van der Waals surface area contributed by atoms with Gasteiger partial charge in [0.05, 0.1) is 6.10 Å². The monoisotopic (exact) mass is 417 g/mol. The molecule has 0 saturated carbocycles.